The molecule has 0 saturated heterocycles. The highest BCUT2D eigenvalue weighted by Gasteiger charge is 2.22. The van der Waals surface area contributed by atoms with Gasteiger partial charge in [-0.05, 0) is 0 Å². The molecule has 0 spiro atoms. The van der Waals surface area contributed by atoms with Gasteiger partial charge in [-0.1, -0.05) is 17.3 Å². The Morgan fingerprint density at radius 2 is 2.45 bits per heavy atom. The molecule has 1 amide bonds. The van der Waals surface area contributed by atoms with Crippen molar-refractivity contribution in [3.63, 3.8) is 0 Å². The SMILES string of the molecule is COCCc1noc(CN(C)C(=O)C2C=CCN2)n1.Cl. The standard InChI is InChI=1S/C12H18N4O3.ClH/c1-16(12(17)9-4-3-6-13-9)8-11-14-10(15-19-11)5-7-18-2;/h3-4,9,13H,5-8H2,1-2H3;1H. The number of hydrogen-bond donors (Lipinski definition) is 1. The fraction of sp³-hybridized carbons (Fsp3) is 0.583. The Labute approximate surface area is 123 Å². The molecule has 0 radical (unpaired) electrons. The van der Waals surface area contributed by atoms with Crippen molar-refractivity contribution in [3.05, 3.63) is 23.9 Å². The number of nitrogens with zero attached hydrogens (tertiary/aromatic N) is 3. The van der Waals surface area contributed by atoms with Crippen LogP contribution in [0.2, 0.25) is 0 Å². The molecule has 1 unspecified atom stereocenters. The van der Waals surface area contributed by atoms with Crippen molar-refractivity contribution in [2.24, 2.45) is 0 Å². The molecule has 1 aromatic heterocycles. The van der Waals surface area contributed by atoms with E-state index in [0.29, 0.717) is 31.3 Å². The van der Waals surface area contributed by atoms with Crippen molar-refractivity contribution in [1.82, 2.24) is 20.4 Å². The smallest absolute Gasteiger partial charge is 0.246 e. The van der Waals surface area contributed by atoms with Crippen LogP contribution < -0.4 is 5.32 Å². The Balaban J connectivity index is 0.00000200. The quantitative estimate of drug-likeness (QED) is 0.754. The molecule has 0 aromatic carbocycles. The summed E-state index contributed by atoms with van der Waals surface area (Å²) in [5, 5.41) is 6.90. The number of methoxy groups -OCH3 is 1. The normalized spacial score (nSPS) is 17.0. The number of ether oxygens (including phenoxy) is 1. The van der Waals surface area contributed by atoms with Gasteiger partial charge in [0, 0.05) is 27.1 Å². The summed E-state index contributed by atoms with van der Waals surface area (Å²) in [6, 6.07) is -0.249. The molecule has 1 N–H and O–H groups in total. The van der Waals surface area contributed by atoms with Gasteiger partial charge in [-0.15, -0.1) is 12.4 Å². The number of amides is 1. The van der Waals surface area contributed by atoms with Crippen molar-refractivity contribution < 1.29 is 14.1 Å². The molecule has 1 atom stereocenters. The van der Waals surface area contributed by atoms with E-state index in [1.165, 1.54) is 0 Å². The van der Waals surface area contributed by atoms with E-state index in [9.17, 15) is 4.79 Å². The van der Waals surface area contributed by atoms with Gasteiger partial charge in [0.15, 0.2) is 5.82 Å². The molecule has 0 fully saturated rings. The van der Waals surface area contributed by atoms with Crippen LogP contribution in [0.1, 0.15) is 11.7 Å². The Kier molecular flexibility index (Phi) is 6.63. The predicted octanol–water partition coefficient (Wildman–Crippen LogP) is 0.167. The zero-order chi connectivity index (χ0) is 13.7. The number of carbonyl (C=O) groups excluding carboxylic acids is 1. The minimum absolute atomic E-state index is 0. The van der Waals surface area contributed by atoms with E-state index in [4.69, 9.17) is 9.26 Å². The van der Waals surface area contributed by atoms with Gasteiger partial charge in [0.2, 0.25) is 11.8 Å². The molecular formula is C12H19ClN4O3. The summed E-state index contributed by atoms with van der Waals surface area (Å²) in [6.07, 6.45) is 4.40. The second-order valence-corrected chi connectivity index (χ2v) is 4.36. The Hall–Kier alpha value is -1.44. The Bertz CT molecular complexity index is 463. The van der Waals surface area contributed by atoms with E-state index in [-0.39, 0.29) is 24.4 Å². The van der Waals surface area contributed by atoms with Gasteiger partial charge in [-0.25, -0.2) is 0 Å². The second-order valence-electron chi connectivity index (χ2n) is 4.36. The van der Waals surface area contributed by atoms with Crippen molar-refractivity contribution >= 4 is 18.3 Å². The summed E-state index contributed by atoms with van der Waals surface area (Å²) in [6.45, 7) is 1.58. The molecule has 2 rings (SSSR count). The Morgan fingerprint density at radius 3 is 3.10 bits per heavy atom. The number of rotatable bonds is 6. The van der Waals surface area contributed by atoms with Crippen molar-refractivity contribution in [3.8, 4) is 0 Å². The monoisotopic (exact) mass is 302 g/mol. The first-order valence-corrected chi connectivity index (χ1v) is 6.16. The summed E-state index contributed by atoms with van der Waals surface area (Å²) in [5.41, 5.74) is 0. The van der Waals surface area contributed by atoms with Gasteiger partial charge < -0.3 is 14.2 Å². The summed E-state index contributed by atoms with van der Waals surface area (Å²) >= 11 is 0. The average Bonchev–Trinajstić information content (AvgIpc) is 3.06. The minimum Gasteiger partial charge on any atom is -0.384 e. The maximum Gasteiger partial charge on any atom is 0.246 e. The maximum atomic E-state index is 12.0. The molecule has 1 aliphatic heterocycles. The van der Waals surface area contributed by atoms with Crippen LogP contribution in [0.4, 0.5) is 0 Å². The number of halogens is 1. The van der Waals surface area contributed by atoms with Crippen molar-refractivity contribution in [2.45, 2.75) is 19.0 Å². The molecule has 7 nitrogen and oxygen atoms in total. The number of aromatic nitrogens is 2. The van der Waals surface area contributed by atoms with E-state index in [0.717, 1.165) is 6.54 Å². The first kappa shape index (κ1) is 16.6. The molecule has 1 aromatic rings. The third-order valence-corrected chi connectivity index (χ3v) is 2.84. The van der Waals surface area contributed by atoms with E-state index in [1.807, 2.05) is 12.2 Å². The highest BCUT2D eigenvalue weighted by molar-refractivity contribution is 5.85. The lowest BCUT2D eigenvalue weighted by atomic mass is 10.3. The highest BCUT2D eigenvalue weighted by Crippen LogP contribution is 2.06. The molecule has 8 heteroatoms. The lowest BCUT2D eigenvalue weighted by Crippen LogP contribution is -2.41. The maximum absolute atomic E-state index is 12.0. The van der Waals surface area contributed by atoms with Crippen LogP contribution in [-0.2, 0) is 22.5 Å². The van der Waals surface area contributed by atoms with Crippen LogP contribution in [-0.4, -0.2) is 54.3 Å². The molecule has 0 bridgehead atoms. The second kappa shape index (κ2) is 7.98. The molecule has 20 heavy (non-hydrogen) atoms. The van der Waals surface area contributed by atoms with Crippen LogP contribution in [0.25, 0.3) is 0 Å². The van der Waals surface area contributed by atoms with Crippen LogP contribution in [0, 0.1) is 0 Å². The van der Waals surface area contributed by atoms with Crippen molar-refractivity contribution in [1.29, 1.82) is 0 Å². The fourth-order valence-corrected chi connectivity index (χ4v) is 1.80. The van der Waals surface area contributed by atoms with E-state index in [2.05, 4.69) is 15.5 Å². The van der Waals surface area contributed by atoms with Gasteiger partial charge in [-0.3, -0.25) is 10.1 Å². The zero-order valence-electron chi connectivity index (χ0n) is 11.5. The van der Waals surface area contributed by atoms with E-state index >= 15 is 0 Å². The molecule has 0 aliphatic carbocycles. The van der Waals surface area contributed by atoms with Gasteiger partial charge >= 0.3 is 0 Å². The largest absolute Gasteiger partial charge is 0.384 e. The summed E-state index contributed by atoms with van der Waals surface area (Å²) in [7, 11) is 3.34. The first-order chi connectivity index (χ1) is 9.20. The van der Waals surface area contributed by atoms with Crippen LogP contribution >= 0.6 is 12.4 Å². The summed E-state index contributed by atoms with van der Waals surface area (Å²) in [5.74, 6) is 1.02. The predicted molar refractivity (Wildman–Crippen MR) is 74.5 cm³/mol. The minimum atomic E-state index is -0.249. The highest BCUT2D eigenvalue weighted by atomic mass is 35.5. The lowest BCUT2D eigenvalue weighted by molar-refractivity contribution is -0.131. The van der Waals surface area contributed by atoms with Crippen LogP contribution in [0.3, 0.4) is 0 Å². The van der Waals surface area contributed by atoms with E-state index in [1.54, 1.807) is 19.1 Å². The van der Waals surface area contributed by atoms with Gasteiger partial charge in [0.1, 0.15) is 6.04 Å². The van der Waals surface area contributed by atoms with Crippen LogP contribution in [0.5, 0.6) is 0 Å². The van der Waals surface area contributed by atoms with Gasteiger partial charge in [-0.2, -0.15) is 4.98 Å². The Morgan fingerprint density at radius 1 is 1.65 bits per heavy atom. The number of likely N-dealkylation sites (N-methyl/N-ethyl adjacent to an activating group) is 1. The van der Waals surface area contributed by atoms with Crippen molar-refractivity contribution in [2.75, 3.05) is 27.3 Å². The summed E-state index contributed by atoms with van der Waals surface area (Å²) in [4.78, 5) is 17.8. The molecule has 2 heterocycles. The molecular weight excluding hydrogens is 284 g/mol. The number of carbonyl (C=O) groups is 1. The first-order valence-electron chi connectivity index (χ1n) is 6.16. The fourth-order valence-electron chi connectivity index (χ4n) is 1.80. The topological polar surface area (TPSA) is 80.5 Å². The van der Waals surface area contributed by atoms with Gasteiger partial charge in [0.05, 0.1) is 13.2 Å². The molecule has 112 valence electrons. The molecule has 0 saturated carbocycles. The third kappa shape index (κ3) is 4.29. The van der Waals surface area contributed by atoms with Crippen LogP contribution in [0.15, 0.2) is 16.7 Å². The van der Waals surface area contributed by atoms with E-state index < -0.39 is 0 Å². The zero-order valence-corrected chi connectivity index (χ0v) is 12.4. The molecule has 1 aliphatic rings. The lowest BCUT2D eigenvalue weighted by Gasteiger charge is -2.18. The average molecular weight is 303 g/mol. The van der Waals surface area contributed by atoms with Gasteiger partial charge in [0.25, 0.3) is 0 Å². The third-order valence-electron chi connectivity index (χ3n) is 2.84. The number of nitrogens with one attached hydrogen (secondary N) is 1. The summed E-state index contributed by atoms with van der Waals surface area (Å²) < 4.78 is 10.0. The number of hydrogen-bond acceptors (Lipinski definition) is 6.